The highest BCUT2D eigenvalue weighted by Crippen LogP contribution is 2.19. The fraction of sp³-hybridized carbons (Fsp3) is 0.550. The number of carbonyl (C=O) groups excluding carboxylic acids is 1. The van der Waals surface area contributed by atoms with Crippen LogP contribution in [0, 0.1) is 11.7 Å². The van der Waals surface area contributed by atoms with E-state index in [2.05, 4.69) is 27.4 Å². The molecule has 2 atom stereocenters. The van der Waals surface area contributed by atoms with Gasteiger partial charge in [0.25, 0.3) is 0 Å². The molecule has 0 spiro atoms. The number of benzene rings is 1. The van der Waals surface area contributed by atoms with Crippen molar-refractivity contribution in [3.8, 4) is 0 Å². The van der Waals surface area contributed by atoms with Gasteiger partial charge in [0.15, 0.2) is 0 Å². The van der Waals surface area contributed by atoms with Crippen LogP contribution in [0.15, 0.2) is 24.4 Å². The van der Waals surface area contributed by atoms with Crippen molar-refractivity contribution < 1.29 is 9.18 Å². The number of amides is 2. The molecular formula is C20H29FN4O. The minimum atomic E-state index is -0.250. The molecule has 26 heavy (non-hydrogen) atoms. The molecule has 2 heterocycles. The Bertz CT molecular complexity index is 744. The maximum atomic E-state index is 13.2. The number of nitrogens with zero attached hydrogens (tertiary/aromatic N) is 1. The number of rotatable bonds is 6. The lowest BCUT2D eigenvalue weighted by molar-refractivity contribution is 0.169. The zero-order valence-electron chi connectivity index (χ0n) is 15.6. The Balaban J connectivity index is 1.40. The summed E-state index contributed by atoms with van der Waals surface area (Å²) in [5.41, 5.74) is 1.87. The largest absolute Gasteiger partial charge is 0.361 e. The molecule has 2 unspecified atom stereocenters. The Morgan fingerprint density at radius 2 is 2.31 bits per heavy atom. The van der Waals surface area contributed by atoms with Crippen LogP contribution in [0.25, 0.3) is 10.9 Å². The molecule has 1 fully saturated rings. The number of aromatic amines is 1. The summed E-state index contributed by atoms with van der Waals surface area (Å²) >= 11 is 0. The topological polar surface area (TPSA) is 60.2 Å². The Morgan fingerprint density at radius 3 is 3.12 bits per heavy atom. The zero-order valence-corrected chi connectivity index (χ0v) is 15.6. The maximum absolute atomic E-state index is 13.2. The van der Waals surface area contributed by atoms with Crippen LogP contribution in [-0.2, 0) is 6.42 Å². The van der Waals surface area contributed by atoms with Gasteiger partial charge in [-0.05, 0) is 62.4 Å². The van der Waals surface area contributed by atoms with Gasteiger partial charge in [0.1, 0.15) is 5.82 Å². The average Bonchev–Trinajstić information content (AvgIpc) is 2.96. The third-order valence-corrected chi connectivity index (χ3v) is 5.06. The number of hydrogen-bond donors (Lipinski definition) is 3. The monoisotopic (exact) mass is 360 g/mol. The number of nitrogens with one attached hydrogen (secondary N) is 3. The molecule has 6 heteroatoms. The van der Waals surface area contributed by atoms with E-state index in [1.807, 2.05) is 13.1 Å². The third kappa shape index (κ3) is 4.97. The van der Waals surface area contributed by atoms with Crippen molar-refractivity contribution in [1.82, 2.24) is 20.5 Å². The normalized spacial score (nSPS) is 19.4. The molecule has 5 nitrogen and oxygen atoms in total. The van der Waals surface area contributed by atoms with Gasteiger partial charge in [-0.25, -0.2) is 9.18 Å². The van der Waals surface area contributed by atoms with E-state index in [4.69, 9.17) is 0 Å². The van der Waals surface area contributed by atoms with Crippen molar-refractivity contribution in [3.05, 3.63) is 35.8 Å². The summed E-state index contributed by atoms with van der Waals surface area (Å²) in [6, 6.07) is 4.72. The van der Waals surface area contributed by atoms with Crippen molar-refractivity contribution in [2.24, 2.45) is 5.92 Å². The summed E-state index contributed by atoms with van der Waals surface area (Å²) in [6.45, 7) is 8.02. The van der Waals surface area contributed by atoms with Crippen LogP contribution in [-0.4, -0.2) is 48.1 Å². The van der Waals surface area contributed by atoms with Gasteiger partial charge in [-0.2, -0.15) is 0 Å². The summed E-state index contributed by atoms with van der Waals surface area (Å²) < 4.78 is 13.2. The van der Waals surface area contributed by atoms with Crippen LogP contribution >= 0.6 is 0 Å². The molecule has 1 aromatic carbocycles. The van der Waals surface area contributed by atoms with Gasteiger partial charge in [0.05, 0.1) is 0 Å². The molecule has 1 aliphatic heterocycles. The molecule has 3 rings (SSSR count). The van der Waals surface area contributed by atoms with Crippen LogP contribution in [0.2, 0.25) is 0 Å². The lowest BCUT2D eigenvalue weighted by atomic mass is 10.00. The standard InChI is InChI=1S/C20H29FN4O/c1-14-4-3-9-25(12-14)13-15(2)24-20(26)22-8-7-16-11-23-19-10-17(21)5-6-18(16)19/h5-6,10-11,14-15,23H,3-4,7-9,12-13H2,1-2H3,(H2,22,24,26). The third-order valence-electron chi connectivity index (χ3n) is 5.06. The minimum Gasteiger partial charge on any atom is -0.361 e. The lowest BCUT2D eigenvalue weighted by Gasteiger charge is -2.32. The minimum absolute atomic E-state index is 0.122. The SMILES string of the molecule is CC1CCCN(CC(C)NC(=O)NCCc2c[nH]c3cc(F)ccc23)C1. The maximum Gasteiger partial charge on any atom is 0.315 e. The number of likely N-dealkylation sites (tertiary alicyclic amines) is 1. The van der Waals surface area contributed by atoms with E-state index in [0.29, 0.717) is 13.0 Å². The number of aromatic nitrogens is 1. The van der Waals surface area contributed by atoms with Gasteiger partial charge in [-0.3, -0.25) is 0 Å². The van der Waals surface area contributed by atoms with E-state index in [9.17, 15) is 9.18 Å². The first kappa shape index (κ1) is 18.7. The fourth-order valence-electron chi connectivity index (χ4n) is 3.84. The molecule has 1 aliphatic rings. The average molecular weight is 360 g/mol. The van der Waals surface area contributed by atoms with Crippen molar-refractivity contribution >= 4 is 16.9 Å². The van der Waals surface area contributed by atoms with Gasteiger partial charge in [0, 0.05) is 42.8 Å². The van der Waals surface area contributed by atoms with Crippen molar-refractivity contribution in [1.29, 1.82) is 0 Å². The molecule has 0 radical (unpaired) electrons. The van der Waals surface area contributed by atoms with Gasteiger partial charge in [-0.1, -0.05) is 6.92 Å². The summed E-state index contributed by atoms with van der Waals surface area (Å²) in [5.74, 6) is 0.495. The van der Waals surface area contributed by atoms with E-state index in [1.54, 1.807) is 6.07 Å². The highest BCUT2D eigenvalue weighted by Gasteiger charge is 2.18. The molecule has 3 N–H and O–H groups in total. The lowest BCUT2D eigenvalue weighted by Crippen LogP contribution is -2.48. The summed E-state index contributed by atoms with van der Waals surface area (Å²) in [5, 5.41) is 6.94. The Hall–Kier alpha value is -2.08. The second kappa shape index (κ2) is 8.54. The van der Waals surface area contributed by atoms with E-state index >= 15 is 0 Å². The second-order valence-electron chi connectivity index (χ2n) is 7.56. The Labute approximate surface area is 154 Å². The molecule has 0 saturated carbocycles. The molecule has 1 aromatic heterocycles. The van der Waals surface area contributed by atoms with Gasteiger partial charge in [-0.15, -0.1) is 0 Å². The molecule has 2 aromatic rings. The highest BCUT2D eigenvalue weighted by atomic mass is 19.1. The van der Waals surface area contributed by atoms with Crippen LogP contribution < -0.4 is 10.6 Å². The van der Waals surface area contributed by atoms with E-state index < -0.39 is 0 Å². The number of urea groups is 1. The fourth-order valence-corrected chi connectivity index (χ4v) is 3.84. The van der Waals surface area contributed by atoms with Crippen molar-refractivity contribution in [2.45, 2.75) is 39.2 Å². The van der Waals surface area contributed by atoms with Gasteiger partial charge >= 0.3 is 6.03 Å². The van der Waals surface area contributed by atoms with E-state index in [0.717, 1.165) is 42.0 Å². The van der Waals surface area contributed by atoms with Gasteiger partial charge in [0.2, 0.25) is 0 Å². The molecular weight excluding hydrogens is 331 g/mol. The number of H-pyrrole nitrogens is 1. The Kier molecular flexibility index (Phi) is 6.14. The van der Waals surface area contributed by atoms with E-state index in [1.165, 1.54) is 25.0 Å². The van der Waals surface area contributed by atoms with Crippen LogP contribution in [0.4, 0.5) is 9.18 Å². The number of halogens is 1. The van der Waals surface area contributed by atoms with Crippen LogP contribution in [0.3, 0.4) is 0 Å². The van der Waals surface area contributed by atoms with Gasteiger partial charge < -0.3 is 20.5 Å². The first-order valence-electron chi connectivity index (χ1n) is 9.53. The first-order valence-corrected chi connectivity index (χ1v) is 9.53. The van der Waals surface area contributed by atoms with Crippen LogP contribution in [0.5, 0.6) is 0 Å². The van der Waals surface area contributed by atoms with E-state index in [-0.39, 0.29) is 17.9 Å². The number of piperidine rings is 1. The smallest absolute Gasteiger partial charge is 0.315 e. The van der Waals surface area contributed by atoms with Crippen LogP contribution in [0.1, 0.15) is 32.3 Å². The summed E-state index contributed by atoms with van der Waals surface area (Å²) in [4.78, 5) is 17.6. The molecule has 1 saturated heterocycles. The molecule has 2 amide bonds. The predicted molar refractivity (Wildman–Crippen MR) is 103 cm³/mol. The summed E-state index contributed by atoms with van der Waals surface area (Å²) in [6.07, 6.45) is 5.13. The number of hydrogen-bond acceptors (Lipinski definition) is 2. The first-order chi connectivity index (χ1) is 12.5. The van der Waals surface area contributed by atoms with Crippen molar-refractivity contribution in [3.63, 3.8) is 0 Å². The second-order valence-corrected chi connectivity index (χ2v) is 7.56. The number of fused-ring (bicyclic) bond motifs is 1. The summed E-state index contributed by atoms with van der Waals surface area (Å²) in [7, 11) is 0. The molecule has 0 bridgehead atoms. The Morgan fingerprint density at radius 1 is 1.46 bits per heavy atom. The molecule has 0 aliphatic carbocycles. The molecule has 142 valence electrons. The quantitative estimate of drug-likeness (QED) is 0.740. The zero-order chi connectivity index (χ0) is 18.5. The number of carbonyl (C=O) groups is 1. The predicted octanol–water partition coefficient (Wildman–Crippen LogP) is 3.27. The highest BCUT2D eigenvalue weighted by molar-refractivity contribution is 5.83. The van der Waals surface area contributed by atoms with Crippen molar-refractivity contribution in [2.75, 3.05) is 26.2 Å².